The summed E-state index contributed by atoms with van der Waals surface area (Å²) in [5, 5.41) is 3.06. The lowest BCUT2D eigenvalue weighted by atomic mass is 9.91. The topological polar surface area (TPSA) is 67.9 Å². The largest absolute Gasteiger partial charge is 0.445 e. The maximum atomic E-state index is 12.5. The van der Waals surface area contributed by atoms with Gasteiger partial charge in [-0.05, 0) is 39.2 Å². The van der Waals surface area contributed by atoms with Crippen molar-refractivity contribution in [2.24, 2.45) is 5.92 Å². The number of carbonyl (C=O) groups excluding carboxylic acids is 2. The molecule has 6 nitrogen and oxygen atoms in total. The van der Waals surface area contributed by atoms with Crippen molar-refractivity contribution in [2.75, 3.05) is 13.1 Å². The molecule has 6 heteroatoms. The first-order valence-electron chi connectivity index (χ1n) is 9.24. The van der Waals surface area contributed by atoms with Crippen molar-refractivity contribution in [1.82, 2.24) is 10.2 Å². The number of rotatable bonds is 3. The number of nitrogens with one attached hydrogen (secondary N) is 1. The van der Waals surface area contributed by atoms with Gasteiger partial charge in [0, 0.05) is 19.0 Å². The van der Waals surface area contributed by atoms with Gasteiger partial charge in [0.15, 0.2) is 0 Å². The van der Waals surface area contributed by atoms with E-state index in [2.05, 4.69) is 5.32 Å². The van der Waals surface area contributed by atoms with Gasteiger partial charge >= 0.3 is 12.2 Å². The summed E-state index contributed by atoms with van der Waals surface area (Å²) in [5.41, 5.74) is 0.0253. The Labute approximate surface area is 154 Å². The fourth-order valence-corrected chi connectivity index (χ4v) is 3.95. The highest BCUT2D eigenvalue weighted by Gasteiger charge is 2.52. The lowest BCUT2D eigenvalue weighted by Crippen LogP contribution is -2.53. The Balaban J connectivity index is 1.59. The molecule has 1 aromatic rings. The van der Waals surface area contributed by atoms with E-state index in [0.717, 1.165) is 24.8 Å². The summed E-state index contributed by atoms with van der Waals surface area (Å²) in [4.78, 5) is 26.5. The van der Waals surface area contributed by atoms with Gasteiger partial charge in [-0.25, -0.2) is 9.59 Å². The number of alkyl carbamates (subject to hydrolysis) is 1. The Hall–Kier alpha value is -2.24. The molecule has 2 amide bonds. The summed E-state index contributed by atoms with van der Waals surface area (Å²) < 4.78 is 10.9. The number of amides is 2. The predicted octanol–water partition coefficient (Wildman–Crippen LogP) is 3.70. The van der Waals surface area contributed by atoms with Crippen molar-refractivity contribution >= 4 is 12.2 Å². The van der Waals surface area contributed by atoms with E-state index >= 15 is 0 Å². The molecule has 2 unspecified atom stereocenters. The molecule has 0 spiro atoms. The summed E-state index contributed by atoms with van der Waals surface area (Å²) in [6.07, 6.45) is 2.17. The number of nitrogens with zero attached hydrogens (tertiary/aromatic N) is 1. The highest BCUT2D eigenvalue weighted by Crippen LogP contribution is 2.42. The summed E-state index contributed by atoms with van der Waals surface area (Å²) in [6, 6.07) is 9.63. The molecule has 1 heterocycles. The van der Waals surface area contributed by atoms with Gasteiger partial charge in [-0.2, -0.15) is 0 Å². The van der Waals surface area contributed by atoms with Gasteiger partial charge in [0.1, 0.15) is 12.2 Å². The van der Waals surface area contributed by atoms with Crippen LogP contribution < -0.4 is 5.32 Å². The normalized spacial score (nSPS) is 24.9. The Kier molecular flexibility index (Phi) is 5.12. The number of ether oxygens (including phenoxy) is 2. The van der Waals surface area contributed by atoms with E-state index in [1.807, 2.05) is 51.1 Å². The minimum atomic E-state index is -0.540. The summed E-state index contributed by atoms with van der Waals surface area (Å²) in [7, 11) is 0. The van der Waals surface area contributed by atoms with Crippen LogP contribution in [0.4, 0.5) is 9.59 Å². The van der Waals surface area contributed by atoms with Crippen LogP contribution in [0.15, 0.2) is 30.3 Å². The minimum Gasteiger partial charge on any atom is -0.445 e. The first kappa shape index (κ1) is 18.5. The average molecular weight is 360 g/mol. The van der Waals surface area contributed by atoms with Crippen LogP contribution in [-0.4, -0.2) is 41.3 Å². The minimum absolute atomic E-state index is 0.249. The molecule has 1 saturated carbocycles. The maximum Gasteiger partial charge on any atom is 0.410 e. The lowest BCUT2D eigenvalue weighted by Gasteiger charge is -2.31. The van der Waals surface area contributed by atoms with Gasteiger partial charge in [0.25, 0.3) is 0 Å². The summed E-state index contributed by atoms with van der Waals surface area (Å²) in [6.45, 7) is 6.89. The zero-order valence-corrected chi connectivity index (χ0v) is 15.8. The molecule has 3 rings (SSSR count). The Morgan fingerprint density at radius 1 is 1.27 bits per heavy atom. The molecule has 0 bridgehead atoms. The van der Waals surface area contributed by atoms with Gasteiger partial charge in [0.05, 0.1) is 5.54 Å². The number of hydrogen-bond donors (Lipinski definition) is 1. The molecule has 26 heavy (non-hydrogen) atoms. The molecule has 1 N–H and O–H groups in total. The molecular weight excluding hydrogens is 332 g/mol. The zero-order valence-electron chi connectivity index (χ0n) is 15.8. The fourth-order valence-electron chi connectivity index (χ4n) is 3.95. The SMILES string of the molecule is CC(C)(C)OC(=O)NC12CCCC1CN(C(=O)OCc1ccccc1)C2. The molecule has 1 aromatic carbocycles. The van der Waals surface area contributed by atoms with E-state index in [4.69, 9.17) is 9.47 Å². The van der Waals surface area contributed by atoms with Crippen LogP contribution in [0.25, 0.3) is 0 Å². The van der Waals surface area contributed by atoms with Gasteiger partial charge in [0.2, 0.25) is 0 Å². The zero-order chi connectivity index (χ0) is 18.8. The number of fused-ring (bicyclic) bond motifs is 1. The molecule has 2 atom stereocenters. The van der Waals surface area contributed by atoms with Crippen LogP contribution in [0.2, 0.25) is 0 Å². The van der Waals surface area contributed by atoms with E-state index in [9.17, 15) is 9.59 Å². The number of benzene rings is 1. The first-order valence-corrected chi connectivity index (χ1v) is 9.24. The van der Waals surface area contributed by atoms with Crippen LogP contribution in [0.3, 0.4) is 0 Å². The Morgan fingerprint density at radius 2 is 2.00 bits per heavy atom. The van der Waals surface area contributed by atoms with Crippen LogP contribution in [0.5, 0.6) is 0 Å². The molecule has 1 saturated heterocycles. The maximum absolute atomic E-state index is 12.5. The van der Waals surface area contributed by atoms with Crippen molar-refractivity contribution in [3.05, 3.63) is 35.9 Å². The summed E-state index contributed by atoms with van der Waals surface area (Å²) in [5.74, 6) is 0.249. The van der Waals surface area contributed by atoms with Crippen molar-refractivity contribution in [2.45, 2.75) is 57.8 Å². The highest BCUT2D eigenvalue weighted by atomic mass is 16.6. The molecule has 2 fully saturated rings. The smallest absolute Gasteiger partial charge is 0.410 e. The number of carbonyl (C=O) groups is 2. The second-order valence-electron chi connectivity index (χ2n) is 8.29. The van der Waals surface area contributed by atoms with Crippen molar-refractivity contribution < 1.29 is 19.1 Å². The van der Waals surface area contributed by atoms with E-state index in [-0.39, 0.29) is 18.6 Å². The van der Waals surface area contributed by atoms with Gasteiger partial charge in [-0.15, -0.1) is 0 Å². The third-order valence-electron chi connectivity index (χ3n) is 5.08. The van der Waals surface area contributed by atoms with E-state index in [0.29, 0.717) is 13.1 Å². The quantitative estimate of drug-likeness (QED) is 0.892. The van der Waals surface area contributed by atoms with Crippen LogP contribution in [0.1, 0.15) is 45.6 Å². The van der Waals surface area contributed by atoms with Crippen LogP contribution in [-0.2, 0) is 16.1 Å². The lowest BCUT2D eigenvalue weighted by molar-refractivity contribution is 0.0440. The standard InChI is InChI=1S/C20H28N2O4/c1-19(2,3)26-17(23)21-20-11-7-10-16(20)12-22(14-20)18(24)25-13-15-8-5-4-6-9-15/h4-6,8-9,16H,7,10-14H2,1-3H3,(H,21,23). The van der Waals surface area contributed by atoms with E-state index < -0.39 is 17.2 Å². The molecule has 0 aromatic heterocycles. The van der Waals surface area contributed by atoms with Crippen molar-refractivity contribution in [3.8, 4) is 0 Å². The van der Waals surface area contributed by atoms with E-state index in [1.165, 1.54) is 0 Å². The van der Waals surface area contributed by atoms with Gasteiger partial charge in [-0.3, -0.25) is 0 Å². The van der Waals surface area contributed by atoms with Crippen LogP contribution >= 0.6 is 0 Å². The average Bonchev–Trinajstić information content (AvgIpc) is 3.08. The predicted molar refractivity (Wildman–Crippen MR) is 97.6 cm³/mol. The highest BCUT2D eigenvalue weighted by molar-refractivity contribution is 5.71. The Morgan fingerprint density at radius 3 is 2.69 bits per heavy atom. The summed E-state index contributed by atoms with van der Waals surface area (Å²) >= 11 is 0. The van der Waals surface area contributed by atoms with Gasteiger partial charge < -0.3 is 19.7 Å². The molecular formula is C20H28N2O4. The molecule has 1 aliphatic carbocycles. The second-order valence-corrected chi connectivity index (χ2v) is 8.29. The third-order valence-corrected chi connectivity index (χ3v) is 5.08. The number of likely N-dealkylation sites (tertiary alicyclic amines) is 1. The molecule has 2 aliphatic rings. The van der Waals surface area contributed by atoms with Crippen molar-refractivity contribution in [1.29, 1.82) is 0 Å². The molecule has 1 aliphatic heterocycles. The van der Waals surface area contributed by atoms with Crippen LogP contribution in [0, 0.1) is 5.92 Å². The Bertz CT molecular complexity index is 656. The first-order chi connectivity index (χ1) is 12.3. The van der Waals surface area contributed by atoms with Crippen molar-refractivity contribution in [3.63, 3.8) is 0 Å². The van der Waals surface area contributed by atoms with Gasteiger partial charge in [-0.1, -0.05) is 36.8 Å². The molecule has 142 valence electrons. The monoisotopic (exact) mass is 360 g/mol. The molecule has 0 radical (unpaired) electrons. The fraction of sp³-hybridized carbons (Fsp3) is 0.600. The third kappa shape index (κ3) is 4.29. The number of hydrogen-bond acceptors (Lipinski definition) is 4. The second kappa shape index (κ2) is 7.17. The van der Waals surface area contributed by atoms with E-state index in [1.54, 1.807) is 4.90 Å².